The van der Waals surface area contributed by atoms with E-state index >= 15 is 0 Å². The molecule has 1 aromatic carbocycles. The molecule has 0 unspecified atom stereocenters. The van der Waals surface area contributed by atoms with E-state index in [1.54, 1.807) is 26.0 Å². The fourth-order valence-electron chi connectivity index (χ4n) is 1.97. The van der Waals surface area contributed by atoms with Gasteiger partial charge >= 0.3 is 0 Å². The fourth-order valence-corrected chi connectivity index (χ4v) is 3.34. The van der Waals surface area contributed by atoms with E-state index in [1.165, 1.54) is 12.1 Å². The fraction of sp³-hybridized carbons (Fsp3) is 0.250. The normalized spacial score (nSPS) is 10.6. The van der Waals surface area contributed by atoms with Gasteiger partial charge in [0.2, 0.25) is 5.91 Å². The van der Waals surface area contributed by atoms with E-state index in [2.05, 4.69) is 15.3 Å². The Morgan fingerprint density at radius 1 is 1.28 bits per heavy atom. The van der Waals surface area contributed by atoms with Gasteiger partial charge in [0.15, 0.2) is 0 Å². The largest absolute Gasteiger partial charge is 0.325 e. The van der Waals surface area contributed by atoms with E-state index in [1.807, 2.05) is 6.07 Å². The molecule has 0 aliphatic carbocycles. The van der Waals surface area contributed by atoms with Crippen molar-refractivity contribution in [2.45, 2.75) is 29.5 Å². The maximum atomic E-state index is 12.3. The molecule has 0 bridgehead atoms. The molecule has 0 spiro atoms. The van der Waals surface area contributed by atoms with E-state index in [0.29, 0.717) is 44.5 Å². The molecule has 0 saturated carbocycles. The molecule has 0 aliphatic heterocycles. The van der Waals surface area contributed by atoms with Gasteiger partial charge in [0.1, 0.15) is 22.5 Å². The van der Waals surface area contributed by atoms with Gasteiger partial charge in [-0.3, -0.25) is 4.79 Å². The van der Waals surface area contributed by atoms with Crippen LogP contribution >= 0.6 is 23.5 Å². The number of aryl methyl sites for hydroxylation is 2. The van der Waals surface area contributed by atoms with Crippen molar-refractivity contribution in [3.05, 3.63) is 41.3 Å². The molecule has 25 heavy (non-hydrogen) atoms. The molecule has 0 saturated heterocycles. The quantitative estimate of drug-likeness (QED) is 0.603. The van der Waals surface area contributed by atoms with Gasteiger partial charge in [-0.05, 0) is 38.1 Å². The predicted octanol–water partition coefficient (Wildman–Crippen LogP) is 4.01. The number of nitrogens with one attached hydrogen (secondary N) is 1. The molecule has 0 atom stereocenters. The predicted molar refractivity (Wildman–Crippen MR) is 93.9 cm³/mol. The SMILES string of the molecule is Cc1nc(C)c(C#N)c(SCC(=O)Nc2ccc(SC(F)F)cc2)n1. The minimum Gasteiger partial charge on any atom is -0.325 e. The van der Waals surface area contributed by atoms with Crippen LogP contribution in [0.2, 0.25) is 0 Å². The van der Waals surface area contributed by atoms with Crippen molar-refractivity contribution in [3.8, 4) is 6.07 Å². The number of carbonyl (C=O) groups excluding carboxylic acids is 1. The number of hydrogen-bond donors (Lipinski definition) is 1. The summed E-state index contributed by atoms with van der Waals surface area (Å²) in [6.45, 7) is 3.44. The van der Waals surface area contributed by atoms with Crippen molar-refractivity contribution < 1.29 is 13.6 Å². The topological polar surface area (TPSA) is 78.7 Å². The van der Waals surface area contributed by atoms with Crippen LogP contribution in [0.4, 0.5) is 14.5 Å². The molecule has 2 aromatic rings. The summed E-state index contributed by atoms with van der Waals surface area (Å²) < 4.78 is 24.5. The van der Waals surface area contributed by atoms with Crippen LogP contribution in [0.1, 0.15) is 17.1 Å². The third-order valence-electron chi connectivity index (χ3n) is 2.98. The van der Waals surface area contributed by atoms with E-state index in [4.69, 9.17) is 0 Å². The number of rotatable bonds is 6. The van der Waals surface area contributed by atoms with E-state index in [9.17, 15) is 18.8 Å². The number of halogens is 2. The van der Waals surface area contributed by atoms with Crippen LogP contribution in [0, 0.1) is 25.2 Å². The number of alkyl halides is 2. The van der Waals surface area contributed by atoms with Crippen molar-refractivity contribution in [1.82, 2.24) is 9.97 Å². The minimum atomic E-state index is -2.48. The molecule has 1 aromatic heterocycles. The first-order chi connectivity index (χ1) is 11.9. The Kier molecular flexibility index (Phi) is 6.73. The van der Waals surface area contributed by atoms with Gasteiger partial charge < -0.3 is 5.32 Å². The molecule has 1 N–H and O–H groups in total. The summed E-state index contributed by atoms with van der Waals surface area (Å²) in [7, 11) is 0. The van der Waals surface area contributed by atoms with Crippen LogP contribution in [0.3, 0.4) is 0 Å². The third-order valence-corrected chi connectivity index (χ3v) is 4.68. The molecule has 0 fully saturated rings. The Bertz CT molecular complexity index is 807. The van der Waals surface area contributed by atoms with Gasteiger partial charge in [-0.1, -0.05) is 23.5 Å². The highest BCUT2D eigenvalue weighted by atomic mass is 32.2. The van der Waals surface area contributed by atoms with Gasteiger partial charge in [0, 0.05) is 10.6 Å². The first kappa shape index (κ1) is 19.1. The zero-order valence-electron chi connectivity index (χ0n) is 13.4. The molecule has 0 radical (unpaired) electrons. The van der Waals surface area contributed by atoms with Crippen molar-refractivity contribution in [2.24, 2.45) is 0 Å². The highest BCUT2D eigenvalue weighted by molar-refractivity contribution is 8.00. The first-order valence-electron chi connectivity index (χ1n) is 7.12. The Balaban J connectivity index is 1.96. The molecular formula is C16H14F2N4OS2. The average molecular weight is 380 g/mol. The van der Waals surface area contributed by atoms with Gasteiger partial charge in [-0.25, -0.2) is 9.97 Å². The number of benzene rings is 1. The van der Waals surface area contributed by atoms with Crippen LogP contribution in [0.5, 0.6) is 0 Å². The van der Waals surface area contributed by atoms with Crippen molar-refractivity contribution in [2.75, 3.05) is 11.1 Å². The van der Waals surface area contributed by atoms with Crippen LogP contribution in [-0.4, -0.2) is 27.4 Å². The third kappa shape index (κ3) is 5.69. The standard InChI is InChI=1S/C16H14F2N4OS2/c1-9-13(7-19)15(21-10(2)20-9)24-8-14(23)22-11-3-5-12(6-4-11)25-16(17)18/h3-6,16H,8H2,1-2H3,(H,22,23). The summed E-state index contributed by atoms with van der Waals surface area (Å²) in [5, 5.41) is 12.3. The van der Waals surface area contributed by atoms with Crippen molar-refractivity contribution >= 4 is 35.1 Å². The first-order valence-corrected chi connectivity index (χ1v) is 8.98. The highest BCUT2D eigenvalue weighted by Gasteiger charge is 2.13. The van der Waals surface area contributed by atoms with Crippen LogP contribution < -0.4 is 5.32 Å². The summed E-state index contributed by atoms with van der Waals surface area (Å²) in [6.07, 6.45) is 0. The summed E-state index contributed by atoms with van der Waals surface area (Å²) in [5.74, 6) is -2.16. The lowest BCUT2D eigenvalue weighted by atomic mass is 10.3. The smallest absolute Gasteiger partial charge is 0.288 e. The van der Waals surface area contributed by atoms with E-state index in [-0.39, 0.29) is 11.7 Å². The molecular weight excluding hydrogens is 366 g/mol. The van der Waals surface area contributed by atoms with Crippen LogP contribution in [0.25, 0.3) is 0 Å². The van der Waals surface area contributed by atoms with E-state index < -0.39 is 5.76 Å². The lowest BCUT2D eigenvalue weighted by Gasteiger charge is -2.08. The second-order valence-electron chi connectivity index (χ2n) is 4.89. The van der Waals surface area contributed by atoms with Crippen molar-refractivity contribution in [1.29, 1.82) is 5.26 Å². The maximum Gasteiger partial charge on any atom is 0.288 e. The highest BCUT2D eigenvalue weighted by Crippen LogP contribution is 2.26. The summed E-state index contributed by atoms with van der Waals surface area (Å²) in [6, 6.07) is 8.21. The monoisotopic (exact) mass is 380 g/mol. The van der Waals surface area contributed by atoms with Gasteiger partial charge in [-0.2, -0.15) is 14.0 Å². The molecule has 130 valence electrons. The number of nitrogens with zero attached hydrogens (tertiary/aromatic N) is 3. The van der Waals surface area contributed by atoms with Gasteiger partial charge in [0.25, 0.3) is 5.76 Å². The van der Waals surface area contributed by atoms with E-state index in [0.717, 1.165) is 11.8 Å². The number of thioether (sulfide) groups is 2. The Morgan fingerprint density at radius 3 is 2.56 bits per heavy atom. The average Bonchev–Trinajstić information content (AvgIpc) is 2.54. The number of nitriles is 1. The van der Waals surface area contributed by atoms with Crippen molar-refractivity contribution in [3.63, 3.8) is 0 Å². The Morgan fingerprint density at radius 2 is 1.96 bits per heavy atom. The summed E-state index contributed by atoms with van der Waals surface area (Å²) in [5.41, 5.74) is 1.45. The zero-order chi connectivity index (χ0) is 18.4. The number of hydrogen-bond acceptors (Lipinski definition) is 6. The molecule has 1 heterocycles. The Labute approximate surface area is 152 Å². The number of aromatic nitrogens is 2. The molecule has 5 nitrogen and oxygen atoms in total. The molecule has 1 amide bonds. The van der Waals surface area contributed by atoms with Gasteiger partial charge in [-0.15, -0.1) is 0 Å². The lowest BCUT2D eigenvalue weighted by Crippen LogP contribution is -2.14. The van der Waals surface area contributed by atoms with Crippen LogP contribution in [0.15, 0.2) is 34.2 Å². The second kappa shape index (κ2) is 8.78. The Hall–Kier alpha value is -2.18. The lowest BCUT2D eigenvalue weighted by molar-refractivity contribution is -0.113. The summed E-state index contributed by atoms with van der Waals surface area (Å²) >= 11 is 1.60. The van der Waals surface area contributed by atoms with Crippen LogP contribution in [-0.2, 0) is 4.79 Å². The molecule has 9 heteroatoms. The number of anilines is 1. The molecule has 0 aliphatic rings. The zero-order valence-corrected chi connectivity index (χ0v) is 15.0. The second-order valence-corrected chi connectivity index (χ2v) is 6.92. The summed E-state index contributed by atoms with van der Waals surface area (Å²) in [4.78, 5) is 20.8. The number of amides is 1. The van der Waals surface area contributed by atoms with Gasteiger partial charge in [0.05, 0.1) is 11.4 Å². The molecule has 2 rings (SSSR count). The number of carbonyl (C=O) groups is 1. The maximum absolute atomic E-state index is 12.3. The minimum absolute atomic E-state index is 0.0676.